The van der Waals surface area contributed by atoms with Gasteiger partial charge in [0, 0.05) is 18.7 Å². The van der Waals surface area contributed by atoms with Crippen molar-refractivity contribution < 1.29 is 0 Å². The Hall–Kier alpha value is -1.89. The average Bonchev–Trinajstić information content (AvgIpc) is 2.64. The number of rotatable bonds is 3. The van der Waals surface area contributed by atoms with E-state index in [1.54, 1.807) is 0 Å². The van der Waals surface area contributed by atoms with Gasteiger partial charge in [-0.15, -0.1) is 0 Å². The van der Waals surface area contributed by atoms with Crippen LogP contribution in [-0.2, 0) is 6.54 Å². The van der Waals surface area contributed by atoms with Gasteiger partial charge in [-0.3, -0.25) is 0 Å². The SMILES string of the molecule is Cc1cnc2c(c1)nc(C(C)C)n2CCC#N. The van der Waals surface area contributed by atoms with Crippen molar-refractivity contribution in [3.8, 4) is 6.07 Å². The summed E-state index contributed by atoms with van der Waals surface area (Å²) in [7, 11) is 0. The first-order chi connectivity index (χ1) is 8.13. The summed E-state index contributed by atoms with van der Waals surface area (Å²) < 4.78 is 2.06. The molecule has 0 fully saturated rings. The number of pyridine rings is 1. The zero-order valence-electron chi connectivity index (χ0n) is 10.4. The van der Waals surface area contributed by atoms with E-state index in [2.05, 4.69) is 34.5 Å². The van der Waals surface area contributed by atoms with Crippen molar-refractivity contribution in [1.82, 2.24) is 14.5 Å². The van der Waals surface area contributed by atoms with Gasteiger partial charge in [-0.1, -0.05) is 13.8 Å². The molecule has 0 aliphatic heterocycles. The lowest BCUT2D eigenvalue weighted by atomic mass is 10.2. The van der Waals surface area contributed by atoms with E-state index in [-0.39, 0.29) is 0 Å². The molecule has 0 radical (unpaired) electrons. The second kappa shape index (κ2) is 4.54. The van der Waals surface area contributed by atoms with Crippen molar-refractivity contribution in [1.29, 1.82) is 5.26 Å². The van der Waals surface area contributed by atoms with Gasteiger partial charge >= 0.3 is 0 Å². The largest absolute Gasteiger partial charge is 0.311 e. The zero-order chi connectivity index (χ0) is 12.4. The van der Waals surface area contributed by atoms with Gasteiger partial charge in [-0.25, -0.2) is 9.97 Å². The van der Waals surface area contributed by atoms with Crippen LogP contribution < -0.4 is 0 Å². The van der Waals surface area contributed by atoms with E-state index in [0.29, 0.717) is 18.9 Å². The second-order valence-corrected chi connectivity index (χ2v) is 4.54. The van der Waals surface area contributed by atoms with E-state index in [4.69, 9.17) is 5.26 Å². The monoisotopic (exact) mass is 228 g/mol. The van der Waals surface area contributed by atoms with Crippen molar-refractivity contribution in [2.75, 3.05) is 0 Å². The maximum Gasteiger partial charge on any atom is 0.160 e. The van der Waals surface area contributed by atoms with Gasteiger partial charge in [0.05, 0.1) is 12.5 Å². The highest BCUT2D eigenvalue weighted by molar-refractivity contribution is 5.72. The Morgan fingerprint density at radius 2 is 2.24 bits per heavy atom. The highest BCUT2D eigenvalue weighted by atomic mass is 15.1. The van der Waals surface area contributed by atoms with Crippen molar-refractivity contribution >= 4 is 11.2 Å². The fourth-order valence-electron chi connectivity index (χ4n) is 1.95. The number of nitrogens with zero attached hydrogens (tertiary/aromatic N) is 4. The second-order valence-electron chi connectivity index (χ2n) is 4.54. The smallest absolute Gasteiger partial charge is 0.160 e. The van der Waals surface area contributed by atoms with E-state index < -0.39 is 0 Å². The molecule has 0 aliphatic carbocycles. The van der Waals surface area contributed by atoms with Crippen molar-refractivity contribution in [2.24, 2.45) is 0 Å². The molecule has 4 heteroatoms. The number of fused-ring (bicyclic) bond motifs is 1. The quantitative estimate of drug-likeness (QED) is 0.811. The molecule has 0 amide bonds. The predicted molar refractivity (Wildman–Crippen MR) is 66.6 cm³/mol. The van der Waals surface area contributed by atoms with Crippen LogP contribution in [0.2, 0.25) is 0 Å². The molecular weight excluding hydrogens is 212 g/mol. The highest BCUT2D eigenvalue weighted by Crippen LogP contribution is 2.21. The van der Waals surface area contributed by atoms with Gasteiger partial charge in [0.25, 0.3) is 0 Å². The average molecular weight is 228 g/mol. The summed E-state index contributed by atoms with van der Waals surface area (Å²) >= 11 is 0. The van der Waals surface area contributed by atoms with Crippen LogP contribution in [0.4, 0.5) is 0 Å². The van der Waals surface area contributed by atoms with E-state index in [0.717, 1.165) is 22.6 Å². The molecule has 0 aromatic carbocycles. The lowest BCUT2D eigenvalue weighted by Crippen LogP contribution is -2.05. The van der Waals surface area contributed by atoms with Crippen molar-refractivity contribution in [3.63, 3.8) is 0 Å². The molecule has 0 saturated carbocycles. The van der Waals surface area contributed by atoms with E-state index >= 15 is 0 Å². The third-order valence-electron chi connectivity index (χ3n) is 2.71. The molecule has 0 bridgehead atoms. The Morgan fingerprint density at radius 1 is 1.47 bits per heavy atom. The summed E-state index contributed by atoms with van der Waals surface area (Å²) in [4.78, 5) is 9.04. The first-order valence-electron chi connectivity index (χ1n) is 5.83. The van der Waals surface area contributed by atoms with Crippen LogP contribution in [0.1, 0.15) is 37.6 Å². The first kappa shape index (κ1) is 11.6. The number of nitriles is 1. The van der Waals surface area contributed by atoms with Crippen LogP contribution in [-0.4, -0.2) is 14.5 Å². The summed E-state index contributed by atoms with van der Waals surface area (Å²) in [6.07, 6.45) is 2.33. The minimum absolute atomic E-state index is 0.336. The Balaban J connectivity index is 2.59. The molecule has 2 heterocycles. The molecule has 0 atom stereocenters. The number of aromatic nitrogens is 3. The van der Waals surface area contributed by atoms with Crippen LogP contribution in [0.25, 0.3) is 11.2 Å². The topological polar surface area (TPSA) is 54.5 Å². The molecule has 2 aromatic heterocycles. The fraction of sp³-hybridized carbons (Fsp3) is 0.462. The summed E-state index contributed by atoms with van der Waals surface area (Å²) in [5, 5.41) is 8.71. The van der Waals surface area contributed by atoms with Crippen LogP contribution >= 0.6 is 0 Å². The van der Waals surface area contributed by atoms with Gasteiger partial charge in [0.2, 0.25) is 0 Å². The number of imidazole rings is 1. The molecule has 0 spiro atoms. The van der Waals surface area contributed by atoms with Crippen LogP contribution in [0.5, 0.6) is 0 Å². The summed E-state index contributed by atoms with van der Waals surface area (Å²) in [6.45, 7) is 6.89. The van der Waals surface area contributed by atoms with Gasteiger partial charge in [0.1, 0.15) is 11.3 Å². The normalized spacial score (nSPS) is 11.0. The Kier molecular flexibility index (Phi) is 3.10. The minimum atomic E-state index is 0.336. The summed E-state index contributed by atoms with van der Waals surface area (Å²) in [6, 6.07) is 4.21. The summed E-state index contributed by atoms with van der Waals surface area (Å²) in [5.74, 6) is 1.34. The summed E-state index contributed by atoms with van der Waals surface area (Å²) in [5.41, 5.74) is 2.92. The highest BCUT2D eigenvalue weighted by Gasteiger charge is 2.14. The van der Waals surface area contributed by atoms with Crippen LogP contribution in [0, 0.1) is 18.3 Å². The van der Waals surface area contributed by atoms with Crippen LogP contribution in [0.3, 0.4) is 0 Å². The number of aryl methyl sites for hydroxylation is 2. The number of hydrogen-bond donors (Lipinski definition) is 0. The maximum absolute atomic E-state index is 8.71. The molecule has 0 unspecified atom stereocenters. The molecule has 88 valence electrons. The van der Waals surface area contributed by atoms with Gasteiger partial charge in [0.15, 0.2) is 5.65 Å². The maximum atomic E-state index is 8.71. The third kappa shape index (κ3) is 2.14. The molecule has 0 aliphatic rings. The van der Waals surface area contributed by atoms with Gasteiger partial charge in [-0.05, 0) is 18.6 Å². The van der Waals surface area contributed by atoms with E-state index in [1.807, 2.05) is 19.2 Å². The van der Waals surface area contributed by atoms with Crippen molar-refractivity contribution in [3.05, 3.63) is 23.7 Å². The molecule has 2 rings (SSSR count). The molecule has 0 N–H and O–H groups in total. The Labute approximate surface area is 101 Å². The van der Waals surface area contributed by atoms with Crippen LogP contribution in [0.15, 0.2) is 12.3 Å². The fourth-order valence-corrected chi connectivity index (χ4v) is 1.95. The predicted octanol–water partition coefficient (Wildman–Crippen LogP) is 2.78. The zero-order valence-corrected chi connectivity index (χ0v) is 10.4. The molecular formula is C13H16N4. The standard InChI is InChI=1S/C13H16N4/c1-9(2)12-16-11-7-10(3)8-15-13(11)17(12)6-4-5-14/h7-9H,4,6H2,1-3H3. The minimum Gasteiger partial charge on any atom is -0.311 e. The molecule has 0 saturated heterocycles. The van der Waals surface area contributed by atoms with Crippen molar-refractivity contribution in [2.45, 2.75) is 39.7 Å². The number of hydrogen-bond acceptors (Lipinski definition) is 3. The van der Waals surface area contributed by atoms with E-state index in [1.165, 1.54) is 0 Å². The lowest BCUT2D eigenvalue weighted by Gasteiger charge is -2.08. The third-order valence-corrected chi connectivity index (χ3v) is 2.71. The first-order valence-corrected chi connectivity index (χ1v) is 5.83. The van der Waals surface area contributed by atoms with Gasteiger partial charge in [-0.2, -0.15) is 5.26 Å². The molecule has 2 aromatic rings. The Morgan fingerprint density at radius 3 is 2.88 bits per heavy atom. The van der Waals surface area contributed by atoms with Gasteiger partial charge < -0.3 is 4.57 Å². The molecule has 17 heavy (non-hydrogen) atoms. The Bertz CT molecular complexity index is 575. The molecule has 4 nitrogen and oxygen atoms in total. The lowest BCUT2D eigenvalue weighted by molar-refractivity contribution is 0.640. The van der Waals surface area contributed by atoms with E-state index in [9.17, 15) is 0 Å².